The number of nitrogens with zero attached hydrogens (tertiary/aromatic N) is 3. The van der Waals surface area contributed by atoms with Crippen LogP contribution in [0.1, 0.15) is 23.4 Å². The van der Waals surface area contributed by atoms with Crippen molar-refractivity contribution in [2.24, 2.45) is 7.05 Å². The SMILES string of the molecule is C[C@@H]1c2ccsc2CC[NH+]1Cn1nc(-c2ccccc2F)n(C)c1=S. The lowest BCUT2D eigenvalue weighted by Crippen LogP contribution is -3.12. The van der Waals surface area contributed by atoms with Crippen molar-refractivity contribution in [2.75, 3.05) is 6.54 Å². The van der Waals surface area contributed by atoms with Gasteiger partial charge in [0.15, 0.2) is 12.5 Å². The molecule has 1 aliphatic heterocycles. The Morgan fingerprint density at radius 3 is 2.96 bits per heavy atom. The van der Waals surface area contributed by atoms with Crippen molar-refractivity contribution in [3.05, 3.63) is 56.7 Å². The Morgan fingerprint density at radius 1 is 1.36 bits per heavy atom. The molecule has 0 amide bonds. The maximum absolute atomic E-state index is 14.1. The highest BCUT2D eigenvalue weighted by Gasteiger charge is 2.29. The molecule has 7 heteroatoms. The fraction of sp³-hybridized carbons (Fsp3) is 0.333. The molecule has 130 valence electrons. The van der Waals surface area contributed by atoms with Crippen LogP contribution in [0.4, 0.5) is 4.39 Å². The molecule has 0 spiro atoms. The lowest BCUT2D eigenvalue weighted by atomic mass is 10.0. The number of fused-ring (bicyclic) bond motifs is 1. The third-order valence-corrected chi connectivity index (χ3v) is 6.52. The number of rotatable bonds is 3. The fourth-order valence-corrected chi connectivity index (χ4v) is 4.70. The van der Waals surface area contributed by atoms with Crippen molar-refractivity contribution in [1.82, 2.24) is 14.3 Å². The monoisotopic (exact) mass is 375 g/mol. The number of halogens is 1. The Hall–Kier alpha value is -1.83. The molecule has 1 N–H and O–H groups in total. The molecule has 4 rings (SSSR count). The van der Waals surface area contributed by atoms with Gasteiger partial charge in [-0.2, -0.15) is 4.68 Å². The molecule has 4 nitrogen and oxygen atoms in total. The van der Waals surface area contributed by atoms with Crippen molar-refractivity contribution in [3.8, 4) is 11.4 Å². The van der Waals surface area contributed by atoms with E-state index in [-0.39, 0.29) is 5.82 Å². The third-order valence-electron chi connectivity index (χ3n) is 5.04. The molecule has 0 saturated heterocycles. The summed E-state index contributed by atoms with van der Waals surface area (Å²) in [5.74, 6) is 0.294. The van der Waals surface area contributed by atoms with E-state index in [9.17, 15) is 4.39 Å². The average molecular weight is 376 g/mol. The van der Waals surface area contributed by atoms with Crippen LogP contribution in [0, 0.1) is 10.6 Å². The zero-order chi connectivity index (χ0) is 17.6. The van der Waals surface area contributed by atoms with Crippen LogP contribution >= 0.6 is 23.6 Å². The van der Waals surface area contributed by atoms with E-state index in [4.69, 9.17) is 12.2 Å². The van der Waals surface area contributed by atoms with Crippen molar-refractivity contribution in [3.63, 3.8) is 0 Å². The Kier molecular flexibility index (Phi) is 4.31. The molecule has 0 fully saturated rings. The van der Waals surface area contributed by atoms with Crippen LogP contribution in [0.25, 0.3) is 11.4 Å². The minimum absolute atomic E-state index is 0.278. The van der Waals surface area contributed by atoms with Crippen molar-refractivity contribution < 1.29 is 9.29 Å². The molecule has 2 aromatic heterocycles. The minimum Gasteiger partial charge on any atom is -0.310 e. The largest absolute Gasteiger partial charge is 0.310 e. The molecule has 1 aromatic carbocycles. The standard InChI is InChI=1S/C18H19FN4S2/c1-12-13-8-10-25-16(13)7-9-22(12)11-23-18(24)21(2)17(20-23)14-5-3-4-6-15(14)19/h3-6,8,10,12H,7,9,11H2,1-2H3/p+1/t12-/m1/s1. The fourth-order valence-electron chi connectivity index (χ4n) is 3.53. The van der Waals surface area contributed by atoms with Crippen LogP contribution < -0.4 is 4.90 Å². The highest BCUT2D eigenvalue weighted by atomic mass is 32.1. The van der Waals surface area contributed by atoms with Gasteiger partial charge in [0.25, 0.3) is 0 Å². The summed E-state index contributed by atoms with van der Waals surface area (Å²) in [6, 6.07) is 9.33. The van der Waals surface area contributed by atoms with Crippen LogP contribution in [0.3, 0.4) is 0 Å². The zero-order valence-corrected chi connectivity index (χ0v) is 15.8. The highest BCUT2D eigenvalue weighted by Crippen LogP contribution is 2.25. The summed E-state index contributed by atoms with van der Waals surface area (Å²) in [6.45, 7) is 4.00. The van der Waals surface area contributed by atoms with E-state index in [2.05, 4.69) is 23.5 Å². The molecule has 0 aliphatic carbocycles. The molecule has 3 aromatic rings. The van der Waals surface area contributed by atoms with E-state index in [1.807, 2.05) is 29.1 Å². The van der Waals surface area contributed by atoms with E-state index in [1.54, 1.807) is 16.7 Å². The quantitative estimate of drug-likeness (QED) is 0.713. The number of nitrogens with one attached hydrogen (secondary N) is 1. The first-order chi connectivity index (χ1) is 12.1. The third kappa shape index (κ3) is 2.86. The second kappa shape index (κ2) is 6.48. The molecular formula is C18H20FN4S2+. The average Bonchev–Trinajstić information content (AvgIpc) is 3.19. The number of aromatic nitrogens is 3. The molecule has 0 saturated carbocycles. The van der Waals surface area contributed by atoms with Crippen LogP contribution in [-0.4, -0.2) is 20.9 Å². The first-order valence-corrected chi connectivity index (χ1v) is 9.64. The van der Waals surface area contributed by atoms with Crippen LogP contribution in [0.5, 0.6) is 0 Å². The summed E-state index contributed by atoms with van der Waals surface area (Å²) in [4.78, 5) is 2.92. The summed E-state index contributed by atoms with van der Waals surface area (Å²) < 4.78 is 18.4. The summed E-state index contributed by atoms with van der Waals surface area (Å²) in [5, 5.41) is 6.80. The lowest BCUT2D eigenvalue weighted by Gasteiger charge is -2.30. The normalized spacial score (nSPS) is 19.8. The van der Waals surface area contributed by atoms with Gasteiger partial charge in [-0.25, -0.2) is 4.39 Å². The zero-order valence-electron chi connectivity index (χ0n) is 14.2. The van der Waals surface area contributed by atoms with Gasteiger partial charge in [0.2, 0.25) is 4.77 Å². The number of hydrogen-bond donors (Lipinski definition) is 1. The van der Waals surface area contributed by atoms with Gasteiger partial charge in [0, 0.05) is 23.9 Å². The molecule has 2 atom stereocenters. The van der Waals surface area contributed by atoms with Gasteiger partial charge in [-0.1, -0.05) is 12.1 Å². The summed E-state index contributed by atoms with van der Waals surface area (Å²) >= 11 is 7.40. The number of quaternary nitrogens is 1. The molecule has 1 unspecified atom stereocenters. The Bertz CT molecular complexity index is 972. The minimum atomic E-state index is -0.278. The van der Waals surface area contributed by atoms with Crippen LogP contribution in [0.15, 0.2) is 35.7 Å². The van der Waals surface area contributed by atoms with Gasteiger partial charge < -0.3 is 9.47 Å². The Labute approximate surface area is 155 Å². The van der Waals surface area contributed by atoms with E-state index in [0.717, 1.165) is 13.0 Å². The van der Waals surface area contributed by atoms with E-state index in [0.29, 0.717) is 28.9 Å². The Balaban J connectivity index is 1.66. The maximum atomic E-state index is 14.1. The first kappa shape index (κ1) is 16.6. The van der Waals surface area contributed by atoms with Gasteiger partial charge >= 0.3 is 0 Å². The predicted molar refractivity (Wildman–Crippen MR) is 99.7 cm³/mol. The van der Waals surface area contributed by atoms with Gasteiger partial charge in [-0.05, 0) is 42.7 Å². The second-order valence-electron chi connectivity index (χ2n) is 6.48. The Morgan fingerprint density at radius 2 is 2.16 bits per heavy atom. The first-order valence-electron chi connectivity index (χ1n) is 8.36. The predicted octanol–water partition coefficient (Wildman–Crippen LogP) is 2.98. The topological polar surface area (TPSA) is 27.2 Å². The summed E-state index contributed by atoms with van der Waals surface area (Å²) in [6.07, 6.45) is 1.09. The van der Waals surface area contributed by atoms with E-state index in [1.165, 1.54) is 21.4 Å². The lowest BCUT2D eigenvalue weighted by molar-refractivity contribution is -0.954. The van der Waals surface area contributed by atoms with Gasteiger partial charge in [-0.15, -0.1) is 16.4 Å². The molecule has 1 aliphatic rings. The summed E-state index contributed by atoms with van der Waals surface area (Å²) in [7, 11) is 1.85. The van der Waals surface area contributed by atoms with Crippen LogP contribution in [0.2, 0.25) is 0 Å². The van der Waals surface area contributed by atoms with Crippen molar-refractivity contribution in [2.45, 2.75) is 26.1 Å². The number of hydrogen-bond acceptors (Lipinski definition) is 3. The number of benzene rings is 1. The van der Waals surface area contributed by atoms with E-state index >= 15 is 0 Å². The smallest absolute Gasteiger partial charge is 0.202 e. The van der Waals surface area contributed by atoms with Gasteiger partial charge in [-0.3, -0.25) is 0 Å². The molecule has 3 heterocycles. The molecule has 0 bridgehead atoms. The maximum Gasteiger partial charge on any atom is 0.202 e. The van der Waals surface area contributed by atoms with Gasteiger partial charge in [0.1, 0.15) is 11.9 Å². The van der Waals surface area contributed by atoms with Crippen LogP contribution in [-0.2, 0) is 20.1 Å². The second-order valence-corrected chi connectivity index (χ2v) is 7.85. The highest BCUT2D eigenvalue weighted by molar-refractivity contribution is 7.71. The number of thiophene rings is 1. The molecule has 0 radical (unpaired) electrons. The van der Waals surface area contributed by atoms with E-state index < -0.39 is 0 Å². The van der Waals surface area contributed by atoms with Crippen molar-refractivity contribution in [1.29, 1.82) is 0 Å². The van der Waals surface area contributed by atoms with Crippen molar-refractivity contribution >= 4 is 23.6 Å². The molecule has 25 heavy (non-hydrogen) atoms. The molecular weight excluding hydrogens is 355 g/mol. The van der Waals surface area contributed by atoms with Gasteiger partial charge in [0.05, 0.1) is 12.1 Å². The summed E-state index contributed by atoms with van der Waals surface area (Å²) in [5.41, 5.74) is 1.92.